The Morgan fingerprint density at radius 2 is 2.09 bits per heavy atom. The Hall–Kier alpha value is -0.340. The minimum absolute atomic E-state index is 0.464. The molecule has 1 aromatic heterocycles. The number of thiophene rings is 1. The van der Waals surface area contributed by atoms with Gasteiger partial charge in [-0.2, -0.15) is 0 Å². The van der Waals surface area contributed by atoms with Crippen LogP contribution in [0.1, 0.15) is 30.6 Å². The Morgan fingerprint density at radius 3 is 2.64 bits per heavy atom. The SMILES string of the molecule is OC1(c2cccs2)CCCC1. The molecule has 2 heteroatoms. The van der Waals surface area contributed by atoms with Gasteiger partial charge in [0.25, 0.3) is 0 Å². The first-order valence-corrected chi connectivity index (χ1v) is 4.96. The van der Waals surface area contributed by atoms with Crippen molar-refractivity contribution in [3.63, 3.8) is 0 Å². The van der Waals surface area contributed by atoms with Gasteiger partial charge in [-0.3, -0.25) is 0 Å². The summed E-state index contributed by atoms with van der Waals surface area (Å²) < 4.78 is 0. The van der Waals surface area contributed by atoms with Crippen LogP contribution < -0.4 is 0 Å². The topological polar surface area (TPSA) is 20.2 Å². The van der Waals surface area contributed by atoms with Crippen molar-refractivity contribution in [2.75, 3.05) is 0 Å². The van der Waals surface area contributed by atoms with E-state index in [1.807, 2.05) is 17.5 Å². The van der Waals surface area contributed by atoms with E-state index in [1.54, 1.807) is 11.3 Å². The fraction of sp³-hybridized carbons (Fsp3) is 0.556. The molecule has 0 bridgehead atoms. The second-order valence-corrected chi connectivity index (χ2v) is 4.16. The van der Waals surface area contributed by atoms with Crippen molar-refractivity contribution < 1.29 is 5.11 Å². The van der Waals surface area contributed by atoms with Crippen LogP contribution in [0.25, 0.3) is 0 Å². The molecule has 1 aliphatic carbocycles. The maximum atomic E-state index is 10.1. The lowest BCUT2D eigenvalue weighted by Crippen LogP contribution is -2.18. The highest BCUT2D eigenvalue weighted by Gasteiger charge is 2.33. The third kappa shape index (κ3) is 1.21. The molecule has 0 atom stereocenters. The van der Waals surface area contributed by atoms with Gasteiger partial charge in [-0.05, 0) is 24.3 Å². The number of rotatable bonds is 1. The summed E-state index contributed by atoms with van der Waals surface area (Å²) in [6.45, 7) is 0. The molecule has 0 saturated heterocycles. The van der Waals surface area contributed by atoms with E-state index >= 15 is 0 Å². The first-order valence-electron chi connectivity index (χ1n) is 4.08. The average molecular weight is 168 g/mol. The molecule has 0 aliphatic heterocycles. The molecule has 1 N–H and O–H groups in total. The monoisotopic (exact) mass is 168 g/mol. The Morgan fingerprint density at radius 1 is 1.36 bits per heavy atom. The van der Waals surface area contributed by atoms with Crippen LogP contribution in [0.2, 0.25) is 0 Å². The molecule has 1 aromatic rings. The first kappa shape index (κ1) is 7.32. The van der Waals surface area contributed by atoms with Gasteiger partial charge in [0.2, 0.25) is 0 Å². The Bertz CT molecular complexity index is 222. The van der Waals surface area contributed by atoms with Gasteiger partial charge in [-0.1, -0.05) is 18.9 Å². The van der Waals surface area contributed by atoms with Crippen molar-refractivity contribution >= 4 is 11.3 Å². The second-order valence-electron chi connectivity index (χ2n) is 3.22. The summed E-state index contributed by atoms with van der Waals surface area (Å²) in [5, 5.41) is 12.1. The van der Waals surface area contributed by atoms with Crippen LogP contribution in [0, 0.1) is 0 Å². The lowest BCUT2D eigenvalue weighted by atomic mass is 10.0. The predicted molar refractivity (Wildman–Crippen MR) is 46.7 cm³/mol. The van der Waals surface area contributed by atoms with Crippen LogP contribution in [0.3, 0.4) is 0 Å². The summed E-state index contributed by atoms with van der Waals surface area (Å²) in [5.74, 6) is 0. The van der Waals surface area contributed by atoms with Crippen LogP contribution in [-0.4, -0.2) is 5.11 Å². The van der Waals surface area contributed by atoms with Crippen molar-refractivity contribution in [2.45, 2.75) is 31.3 Å². The van der Waals surface area contributed by atoms with E-state index in [9.17, 15) is 5.11 Å². The van der Waals surface area contributed by atoms with E-state index in [-0.39, 0.29) is 0 Å². The zero-order valence-corrected chi connectivity index (χ0v) is 7.23. The Labute approximate surface area is 70.7 Å². The lowest BCUT2D eigenvalue weighted by molar-refractivity contribution is 0.0483. The minimum atomic E-state index is -0.464. The van der Waals surface area contributed by atoms with Gasteiger partial charge in [0.1, 0.15) is 0 Å². The van der Waals surface area contributed by atoms with E-state index in [4.69, 9.17) is 0 Å². The predicted octanol–water partition coefficient (Wildman–Crippen LogP) is 2.51. The maximum Gasteiger partial charge on any atom is 0.0987 e. The average Bonchev–Trinajstić information content (AvgIpc) is 2.55. The van der Waals surface area contributed by atoms with Crippen molar-refractivity contribution in [2.24, 2.45) is 0 Å². The Balaban J connectivity index is 2.27. The maximum absolute atomic E-state index is 10.1. The molecule has 1 nitrogen and oxygen atoms in total. The van der Waals surface area contributed by atoms with Crippen LogP contribution in [0.15, 0.2) is 17.5 Å². The summed E-state index contributed by atoms with van der Waals surface area (Å²) in [4.78, 5) is 1.15. The van der Waals surface area contributed by atoms with E-state index in [2.05, 4.69) is 0 Å². The molecule has 0 spiro atoms. The fourth-order valence-corrected chi connectivity index (χ4v) is 2.63. The molecular weight excluding hydrogens is 156 g/mol. The smallest absolute Gasteiger partial charge is 0.0987 e. The highest BCUT2D eigenvalue weighted by molar-refractivity contribution is 7.10. The molecule has 0 aromatic carbocycles. The molecule has 1 fully saturated rings. The van der Waals surface area contributed by atoms with Gasteiger partial charge < -0.3 is 5.11 Å². The molecule has 1 aliphatic rings. The molecular formula is C9H12OS. The van der Waals surface area contributed by atoms with Gasteiger partial charge >= 0.3 is 0 Å². The molecule has 0 unspecified atom stereocenters. The minimum Gasteiger partial charge on any atom is -0.384 e. The third-order valence-corrected chi connectivity index (χ3v) is 3.47. The van der Waals surface area contributed by atoms with Crippen LogP contribution >= 0.6 is 11.3 Å². The second kappa shape index (κ2) is 2.61. The normalized spacial score (nSPS) is 22.3. The van der Waals surface area contributed by atoms with E-state index < -0.39 is 5.60 Å². The summed E-state index contributed by atoms with van der Waals surface area (Å²) in [6, 6.07) is 4.05. The largest absolute Gasteiger partial charge is 0.384 e. The quantitative estimate of drug-likeness (QED) is 0.683. The number of hydrogen-bond acceptors (Lipinski definition) is 2. The van der Waals surface area contributed by atoms with E-state index in [0.717, 1.165) is 17.7 Å². The summed E-state index contributed by atoms with van der Waals surface area (Å²) in [7, 11) is 0. The van der Waals surface area contributed by atoms with E-state index in [1.165, 1.54) is 12.8 Å². The van der Waals surface area contributed by atoms with Crippen molar-refractivity contribution in [3.05, 3.63) is 22.4 Å². The summed E-state index contributed by atoms with van der Waals surface area (Å²) in [5.41, 5.74) is -0.464. The molecule has 60 valence electrons. The molecule has 1 heterocycles. The van der Waals surface area contributed by atoms with Crippen LogP contribution in [0.4, 0.5) is 0 Å². The first-order chi connectivity index (χ1) is 5.31. The van der Waals surface area contributed by atoms with Gasteiger partial charge in [-0.25, -0.2) is 0 Å². The number of hydrogen-bond donors (Lipinski definition) is 1. The zero-order valence-electron chi connectivity index (χ0n) is 6.42. The zero-order chi connectivity index (χ0) is 7.73. The summed E-state index contributed by atoms with van der Waals surface area (Å²) >= 11 is 1.67. The van der Waals surface area contributed by atoms with Gasteiger partial charge in [0, 0.05) is 4.88 Å². The molecule has 11 heavy (non-hydrogen) atoms. The molecule has 0 radical (unpaired) electrons. The highest BCUT2D eigenvalue weighted by Crippen LogP contribution is 2.40. The third-order valence-electron chi connectivity index (χ3n) is 2.41. The van der Waals surface area contributed by atoms with Gasteiger partial charge in [0.05, 0.1) is 5.60 Å². The fourth-order valence-electron chi connectivity index (χ4n) is 1.75. The lowest BCUT2D eigenvalue weighted by Gasteiger charge is -2.19. The standard InChI is InChI=1S/C9H12OS/c10-9(5-1-2-6-9)8-4-3-7-11-8/h3-4,7,10H,1-2,5-6H2. The van der Waals surface area contributed by atoms with Crippen LogP contribution in [-0.2, 0) is 5.60 Å². The van der Waals surface area contributed by atoms with Crippen molar-refractivity contribution in [1.29, 1.82) is 0 Å². The van der Waals surface area contributed by atoms with E-state index in [0.29, 0.717) is 0 Å². The van der Waals surface area contributed by atoms with Crippen LogP contribution in [0.5, 0.6) is 0 Å². The Kier molecular flexibility index (Phi) is 1.74. The molecule has 2 rings (SSSR count). The van der Waals surface area contributed by atoms with Crippen molar-refractivity contribution in [1.82, 2.24) is 0 Å². The molecule has 1 saturated carbocycles. The summed E-state index contributed by atoms with van der Waals surface area (Å²) in [6.07, 6.45) is 4.25. The van der Waals surface area contributed by atoms with Gasteiger partial charge in [-0.15, -0.1) is 11.3 Å². The van der Waals surface area contributed by atoms with Crippen molar-refractivity contribution in [3.8, 4) is 0 Å². The highest BCUT2D eigenvalue weighted by atomic mass is 32.1. The number of aliphatic hydroxyl groups is 1. The molecule has 0 amide bonds. The van der Waals surface area contributed by atoms with Gasteiger partial charge in [0.15, 0.2) is 0 Å².